The Morgan fingerprint density at radius 3 is 2.67 bits per heavy atom. The molecule has 0 saturated heterocycles. The lowest BCUT2D eigenvalue weighted by Gasteiger charge is -2.19. The second-order valence-electron chi connectivity index (χ2n) is 5.79. The van der Waals surface area contributed by atoms with Gasteiger partial charge in [0.1, 0.15) is 11.5 Å². The van der Waals surface area contributed by atoms with Gasteiger partial charge in [-0.1, -0.05) is 15.9 Å². The Bertz CT molecular complexity index is 786. The first kappa shape index (κ1) is 17.1. The SMILES string of the molecule is COC(=O)c1c(NC(=O)c2ccc(Br)cc2)sc2c1CC[NH+](C)C2. The van der Waals surface area contributed by atoms with E-state index in [2.05, 4.69) is 28.3 Å². The summed E-state index contributed by atoms with van der Waals surface area (Å²) in [6, 6.07) is 7.10. The summed E-state index contributed by atoms with van der Waals surface area (Å²) in [7, 11) is 3.49. The summed E-state index contributed by atoms with van der Waals surface area (Å²) in [5.74, 6) is -0.620. The van der Waals surface area contributed by atoms with Gasteiger partial charge < -0.3 is 15.0 Å². The quantitative estimate of drug-likeness (QED) is 0.763. The van der Waals surface area contributed by atoms with Crippen LogP contribution in [-0.2, 0) is 17.7 Å². The summed E-state index contributed by atoms with van der Waals surface area (Å²) in [5.41, 5.74) is 2.07. The molecule has 0 saturated carbocycles. The van der Waals surface area contributed by atoms with Crippen LogP contribution in [0.15, 0.2) is 28.7 Å². The predicted molar refractivity (Wildman–Crippen MR) is 96.9 cm³/mol. The zero-order chi connectivity index (χ0) is 17.3. The summed E-state index contributed by atoms with van der Waals surface area (Å²) in [5, 5.41) is 3.47. The van der Waals surface area contributed by atoms with Crippen LogP contribution < -0.4 is 10.2 Å². The van der Waals surface area contributed by atoms with Crippen LogP contribution in [0.2, 0.25) is 0 Å². The number of anilines is 1. The van der Waals surface area contributed by atoms with Gasteiger partial charge in [0, 0.05) is 16.5 Å². The number of benzene rings is 1. The second-order valence-corrected chi connectivity index (χ2v) is 7.82. The zero-order valence-electron chi connectivity index (χ0n) is 13.4. The third kappa shape index (κ3) is 3.38. The molecule has 0 bridgehead atoms. The van der Waals surface area contributed by atoms with E-state index in [9.17, 15) is 9.59 Å². The number of carbonyl (C=O) groups is 2. The van der Waals surface area contributed by atoms with Crippen LogP contribution in [0.25, 0.3) is 0 Å². The van der Waals surface area contributed by atoms with Crippen molar-refractivity contribution >= 4 is 44.1 Å². The Hall–Kier alpha value is -1.70. The lowest BCUT2D eigenvalue weighted by Crippen LogP contribution is -3.08. The van der Waals surface area contributed by atoms with Gasteiger partial charge in [0.2, 0.25) is 0 Å². The first-order valence-electron chi connectivity index (χ1n) is 7.60. The van der Waals surface area contributed by atoms with Crippen LogP contribution in [0.1, 0.15) is 31.2 Å². The third-order valence-electron chi connectivity index (χ3n) is 4.08. The number of hydrogen-bond donors (Lipinski definition) is 2. The molecule has 0 spiro atoms. The Morgan fingerprint density at radius 2 is 2.00 bits per heavy atom. The Balaban J connectivity index is 1.93. The van der Waals surface area contributed by atoms with Gasteiger partial charge in [-0.3, -0.25) is 4.79 Å². The highest BCUT2D eigenvalue weighted by Crippen LogP contribution is 2.35. The largest absolute Gasteiger partial charge is 0.465 e. The van der Waals surface area contributed by atoms with Crippen molar-refractivity contribution in [3.8, 4) is 0 Å². The monoisotopic (exact) mass is 409 g/mol. The first-order valence-corrected chi connectivity index (χ1v) is 9.21. The van der Waals surface area contributed by atoms with Crippen LogP contribution in [0.4, 0.5) is 5.00 Å². The van der Waals surface area contributed by atoms with Crippen molar-refractivity contribution in [2.24, 2.45) is 0 Å². The molecule has 2 aromatic rings. The highest BCUT2D eigenvalue weighted by atomic mass is 79.9. The number of fused-ring (bicyclic) bond motifs is 1. The minimum absolute atomic E-state index is 0.230. The van der Waals surface area contributed by atoms with Gasteiger partial charge in [-0.05, 0) is 29.8 Å². The standard InChI is InChI=1S/C17H17BrN2O3S/c1-20-8-7-12-13(9-20)24-16(14(12)17(22)23-2)19-15(21)10-3-5-11(18)6-4-10/h3-6H,7-9H2,1-2H3,(H,19,21)/p+1. The van der Waals surface area contributed by atoms with E-state index in [1.807, 2.05) is 12.1 Å². The van der Waals surface area contributed by atoms with Crippen molar-refractivity contribution in [3.05, 3.63) is 50.3 Å². The average molecular weight is 410 g/mol. The fraction of sp³-hybridized carbons (Fsp3) is 0.294. The van der Waals surface area contributed by atoms with E-state index >= 15 is 0 Å². The summed E-state index contributed by atoms with van der Waals surface area (Å²) in [6.07, 6.45) is 0.816. The highest BCUT2D eigenvalue weighted by molar-refractivity contribution is 9.10. The number of rotatable bonds is 3. The minimum Gasteiger partial charge on any atom is -0.465 e. The van der Waals surface area contributed by atoms with Crippen molar-refractivity contribution in [2.75, 3.05) is 26.0 Å². The Labute approximate surface area is 152 Å². The number of hydrogen-bond acceptors (Lipinski definition) is 4. The molecule has 2 N–H and O–H groups in total. The number of esters is 1. The van der Waals surface area contributed by atoms with E-state index in [1.165, 1.54) is 23.3 Å². The molecule has 1 aliphatic rings. The molecule has 5 nitrogen and oxygen atoms in total. The molecule has 1 atom stereocenters. The average Bonchev–Trinajstić information content (AvgIpc) is 2.91. The van der Waals surface area contributed by atoms with Gasteiger partial charge in [-0.15, -0.1) is 11.3 Å². The molecule has 1 unspecified atom stereocenters. The number of carbonyl (C=O) groups excluding carboxylic acids is 2. The molecule has 7 heteroatoms. The molecular formula is C17H18BrN2O3S+. The summed E-state index contributed by atoms with van der Waals surface area (Å²) < 4.78 is 5.84. The van der Waals surface area contributed by atoms with Crippen LogP contribution in [0, 0.1) is 0 Å². The van der Waals surface area contributed by atoms with Gasteiger partial charge in [-0.25, -0.2) is 4.79 Å². The second kappa shape index (κ2) is 7.04. The number of nitrogens with one attached hydrogen (secondary N) is 2. The van der Waals surface area contributed by atoms with Crippen molar-refractivity contribution < 1.29 is 19.2 Å². The van der Waals surface area contributed by atoms with Gasteiger partial charge in [-0.2, -0.15) is 0 Å². The molecule has 0 radical (unpaired) electrons. The van der Waals surface area contributed by atoms with E-state index in [4.69, 9.17) is 4.74 Å². The van der Waals surface area contributed by atoms with Gasteiger partial charge in [0.05, 0.1) is 31.1 Å². The predicted octanol–water partition coefficient (Wildman–Crippen LogP) is 2.12. The first-order chi connectivity index (χ1) is 11.5. The maximum Gasteiger partial charge on any atom is 0.341 e. The minimum atomic E-state index is -0.391. The number of amides is 1. The number of quaternary nitrogens is 1. The van der Waals surface area contributed by atoms with Gasteiger partial charge in [0.15, 0.2) is 0 Å². The number of ether oxygens (including phenoxy) is 1. The molecule has 1 amide bonds. The molecule has 2 heterocycles. The number of thiophene rings is 1. The van der Waals surface area contributed by atoms with Crippen molar-refractivity contribution in [1.29, 1.82) is 0 Å². The Kier molecular flexibility index (Phi) is 5.03. The lowest BCUT2D eigenvalue weighted by molar-refractivity contribution is -0.895. The maximum atomic E-state index is 12.5. The molecule has 3 rings (SSSR count). The number of halogens is 1. The van der Waals surface area contributed by atoms with Crippen molar-refractivity contribution in [2.45, 2.75) is 13.0 Å². The third-order valence-corrected chi connectivity index (χ3v) is 5.75. The van der Waals surface area contributed by atoms with E-state index in [-0.39, 0.29) is 5.91 Å². The Morgan fingerprint density at radius 1 is 1.29 bits per heavy atom. The van der Waals surface area contributed by atoms with Crippen LogP contribution in [0.5, 0.6) is 0 Å². The number of methoxy groups -OCH3 is 1. The molecule has 1 aliphatic heterocycles. The van der Waals surface area contributed by atoms with Gasteiger partial charge >= 0.3 is 5.97 Å². The molecule has 1 aromatic carbocycles. The summed E-state index contributed by atoms with van der Waals surface area (Å²) in [6.45, 7) is 1.83. The molecule has 1 aromatic heterocycles. The lowest BCUT2D eigenvalue weighted by atomic mass is 10.0. The normalized spacial score (nSPS) is 16.4. The van der Waals surface area contributed by atoms with Crippen LogP contribution in [0.3, 0.4) is 0 Å². The van der Waals surface area contributed by atoms with E-state index in [0.717, 1.165) is 34.4 Å². The molecule has 126 valence electrons. The molecular weight excluding hydrogens is 392 g/mol. The van der Waals surface area contributed by atoms with E-state index in [0.29, 0.717) is 16.1 Å². The van der Waals surface area contributed by atoms with Crippen LogP contribution >= 0.6 is 27.3 Å². The van der Waals surface area contributed by atoms with Crippen molar-refractivity contribution in [1.82, 2.24) is 0 Å². The molecule has 0 fully saturated rings. The van der Waals surface area contributed by atoms with E-state index < -0.39 is 5.97 Å². The fourth-order valence-electron chi connectivity index (χ4n) is 2.80. The van der Waals surface area contributed by atoms with Gasteiger partial charge in [0.25, 0.3) is 5.91 Å². The fourth-order valence-corrected chi connectivity index (χ4v) is 4.41. The molecule has 0 aliphatic carbocycles. The topological polar surface area (TPSA) is 59.8 Å². The highest BCUT2D eigenvalue weighted by Gasteiger charge is 2.30. The van der Waals surface area contributed by atoms with Crippen molar-refractivity contribution in [3.63, 3.8) is 0 Å². The maximum absolute atomic E-state index is 12.5. The molecule has 24 heavy (non-hydrogen) atoms. The van der Waals surface area contributed by atoms with E-state index in [1.54, 1.807) is 12.1 Å². The number of likely N-dealkylation sites (N-methyl/N-ethyl adjacent to an activating group) is 1. The summed E-state index contributed by atoms with van der Waals surface area (Å²) >= 11 is 4.83. The van der Waals surface area contributed by atoms with Crippen LogP contribution in [-0.4, -0.2) is 32.6 Å². The summed E-state index contributed by atoms with van der Waals surface area (Å²) in [4.78, 5) is 27.3. The smallest absolute Gasteiger partial charge is 0.341 e. The zero-order valence-corrected chi connectivity index (χ0v) is 15.8.